The molecule has 0 aromatic heterocycles. The van der Waals surface area contributed by atoms with Crippen molar-refractivity contribution in [1.82, 2.24) is 0 Å². The van der Waals surface area contributed by atoms with E-state index in [4.69, 9.17) is 23.7 Å². The second-order valence-corrected chi connectivity index (χ2v) is 20.8. The van der Waals surface area contributed by atoms with Gasteiger partial charge in [0, 0.05) is 51.7 Å². The van der Waals surface area contributed by atoms with Gasteiger partial charge in [-0.2, -0.15) is 0 Å². The molecular formula is C52H64O11. The maximum Gasteiger partial charge on any atom is 0.308 e. The summed E-state index contributed by atoms with van der Waals surface area (Å²) in [5.74, 6) is -2.95. The summed E-state index contributed by atoms with van der Waals surface area (Å²) in [5, 5.41) is 23.8. The average Bonchev–Trinajstić information content (AvgIpc) is 3.49. The first kappa shape index (κ1) is 48.4. The van der Waals surface area contributed by atoms with Crippen LogP contribution in [0.5, 0.6) is 34.5 Å². The Hall–Kier alpha value is -5.68. The van der Waals surface area contributed by atoms with Crippen molar-refractivity contribution in [2.75, 3.05) is 0 Å². The van der Waals surface area contributed by atoms with E-state index in [9.17, 15) is 29.4 Å². The number of carbonyl (C=O) groups is 4. The van der Waals surface area contributed by atoms with Crippen LogP contribution in [0.3, 0.4) is 0 Å². The summed E-state index contributed by atoms with van der Waals surface area (Å²) < 4.78 is 30.2. The molecule has 4 aromatic rings. The average molecular weight is 865 g/mol. The molecule has 1 aliphatic heterocycles. The predicted octanol–water partition coefficient (Wildman–Crippen LogP) is 11.4. The summed E-state index contributed by atoms with van der Waals surface area (Å²) in [7, 11) is 0. The van der Waals surface area contributed by atoms with Crippen molar-refractivity contribution in [3.63, 3.8) is 0 Å². The van der Waals surface area contributed by atoms with Crippen LogP contribution in [0.25, 0.3) is 0 Å². The van der Waals surface area contributed by atoms with Gasteiger partial charge in [0.1, 0.15) is 34.5 Å². The van der Waals surface area contributed by atoms with E-state index in [1.807, 2.05) is 107 Å². The molecule has 0 saturated carbocycles. The van der Waals surface area contributed by atoms with Gasteiger partial charge in [-0.25, -0.2) is 0 Å². The maximum atomic E-state index is 12.5. The van der Waals surface area contributed by atoms with E-state index in [-0.39, 0.29) is 34.5 Å². The molecule has 11 heteroatoms. The summed E-state index contributed by atoms with van der Waals surface area (Å²) in [6, 6.07) is 17.6. The minimum absolute atomic E-state index is 0.123. The molecule has 5 rings (SSSR count). The molecule has 1 fully saturated rings. The SMILES string of the molecule is CC(=O)Oc1cc(OC(C)=O)cc([C@@H]2[C@@H](c3cc(OC(C)=O)cc(OC(C)=O)c3)[C@H](c3cc(C(C)(C)C)c(O)c(C(C)(C)C)c3)O[C@@H]2c2cc(C(C)(C)C)c(O)c(C(C)(C)C)c2)c1. The Labute approximate surface area is 372 Å². The lowest BCUT2D eigenvalue weighted by Gasteiger charge is -2.31. The van der Waals surface area contributed by atoms with Crippen LogP contribution in [0.2, 0.25) is 0 Å². The number of hydrogen-bond donors (Lipinski definition) is 2. The van der Waals surface area contributed by atoms with Crippen molar-refractivity contribution in [3.05, 3.63) is 105 Å². The first-order valence-electron chi connectivity index (χ1n) is 21.3. The third-order valence-corrected chi connectivity index (χ3v) is 11.1. The van der Waals surface area contributed by atoms with E-state index in [0.29, 0.717) is 33.4 Å². The Kier molecular flexibility index (Phi) is 13.4. The Morgan fingerprint density at radius 2 is 0.619 bits per heavy atom. The minimum Gasteiger partial charge on any atom is -0.507 e. The molecule has 1 saturated heterocycles. The first-order chi connectivity index (χ1) is 28.8. The highest BCUT2D eigenvalue weighted by Gasteiger charge is 2.49. The fraction of sp³-hybridized carbons (Fsp3) is 0.462. The highest BCUT2D eigenvalue weighted by molar-refractivity contribution is 5.73. The molecule has 4 aromatic carbocycles. The van der Waals surface area contributed by atoms with Crippen LogP contribution in [0.4, 0.5) is 0 Å². The van der Waals surface area contributed by atoms with E-state index < -0.39 is 69.6 Å². The van der Waals surface area contributed by atoms with Gasteiger partial charge in [-0.15, -0.1) is 0 Å². The van der Waals surface area contributed by atoms with Crippen LogP contribution < -0.4 is 18.9 Å². The third-order valence-electron chi connectivity index (χ3n) is 11.1. The molecule has 1 heterocycles. The molecule has 0 spiro atoms. The van der Waals surface area contributed by atoms with Crippen LogP contribution in [0.1, 0.15) is 179 Å². The standard InChI is InChI=1S/C52H64O11/c1-27(53)59-35-17-31(18-36(25-35)60-28(2)54)43-44(32-19-37(61-29(3)55)26-38(20-32)62-30(4)56)48(34-23-41(51(11,12)13)46(58)42(24-34)52(14,15)16)63-47(43)33-21-39(49(5,6)7)45(57)40(22-33)50(8,9)10/h17-26,43-44,47-48,57-58H,1-16H3/t43-,44-,47-,48+/m1/s1. The summed E-state index contributed by atoms with van der Waals surface area (Å²) in [6.45, 7) is 29.4. The van der Waals surface area contributed by atoms with Gasteiger partial charge in [0.05, 0.1) is 12.2 Å². The zero-order valence-electron chi connectivity index (χ0n) is 39.7. The maximum absolute atomic E-state index is 12.5. The Morgan fingerprint density at radius 3 is 0.810 bits per heavy atom. The summed E-state index contributed by atoms with van der Waals surface area (Å²) in [4.78, 5) is 50.0. The lowest BCUT2D eigenvalue weighted by Crippen LogP contribution is -2.20. The normalized spacial score (nSPS) is 18.2. The van der Waals surface area contributed by atoms with Gasteiger partial charge in [0.15, 0.2) is 0 Å². The summed E-state index contributed by atoms with van der Waals surface area (Å²) >= 11 is 0. The van der Waals surface area contributed by atoms with Crippen molar-refractivity contribution in [2.45, 2.75) is 156 Å². The number of aromatic hydroxyl groups is 2. The highest BCUT2D eigenvalue weighted by Crippen LogP contribution is 2.61. The second kappa shape index (κ2) is 17.5. The lowest BCUT2D eigenvalue weighted by molar-refractivity contribution is -0.133. The van der Waals surface area contributed by atoms with Gasteiger partial charge in [-0.1, -0.05) is 83.1 Å². The van der Waals surface area contributed by atoms with Crippen LogP contribution in [-0.4, -0.2) is 34.1 Å². The van der Waals surface area contributed by atoms with Gasteiger partial charge in [-0.3, -0.25) is 19.2 Å². The van der Waals surface area contributed by atoms with Crippen LogP contribution in [0.15, 0.2) is 60.7 Å². The fourth-order valence-corrected chi connectivity index (χ4v) is 8.44. The molecular weight excluding hydrogens is 801 g/mol. The predicted molar refractivity (Wildman–Crippen MR) is 241 cm³/mol. The highest BCUT2D eigenvalue weighted by atomic mass is 16.6. The number of benzene rings is 4. The van der Waals surface area contributed by atoms with Gasteiger partial charge in [0.25, 0.3) is 0 Å². The number of ether oxygens (including phenoxy) is 5. The smallest absolute Gasteiger partial charge is 0.308 e. The molecule has 0 amide bonds. The Balaban J connectivity index is 2.03. The van der Waals surface area contributed by atoms with Crippen molar-refractivity contribution in [3.8, 4) is 34.5 Å². The second-order valence-electron chi connectivity index (χ2n) is 20.8. The van der Waals surface area contributed by atoms with E-state index in [1.165, 1.54) is 39.8 Å². The fourth-order valence-electron chi connectivity index (χ4n) is 8.44. The van der Waals surface area contributed by atoms with Crippen molar-refractivity contribution in [2.24, 2.45) is 0 Å². The van der Waals surface area contributed by atoms with E-state index >= 15 is 0 Å². The molecule has 0 bridgehead atoms. The number of hydrogen-bond acceptors (Lipinski definition) is 11. The lowest BCUT2D eigenvalue weighted by atomic mass is 9.72. The van der Waals surface area contributed by atoms with Crippen LogP contribution in [0, 0.1) is 0 Å². The zero-order valence-corrected chi connectivity index (χ0v) is 39.7. The van der Waals surface area contributed by atoms with Gasteiger partial charge < -0.3 is 33.9 Å². The molecule has 4 atom stereocenters. The zero-order chi connectivity index (χ0) is 47.3. The Morgan fingerprint density at radius 1 is 0.397 bits per heavy atom. The molecule has 1 aliphatic rings. The van der Waals surface area contributed by atoms with Crippen LogP contribution >= 0.6 is 0 Å². The minimum atomic E-state index is -0.819. The number of rotatable bonds is 8. The molecule has 63 heavy (non-hydrogen) atoms. The van der Waals surface area contributed by atoms with Gasteiger partial charge in [-0.05, 0) is 115 Å². The summed E-state index contributed by atoms with van der Waals surface area (Å²) in [6.07, 6.45) is -1.64. The first-order valence-corrected chi connectivity index (χ1v) is 21.3. The van der Waals surface area contributed by atoms with Crippen molar-refractivity contribution in [1.29, 1.82) is 0 Å². The topological polar surface area (TPSA) is 155 Å². The van der Waals surface area contributed by atoms with E-state index in [2.05, 4.69) is 0 Å². The Bertz CT molecular complexity index is 2120. The third kappa shape index (κ3) is 11.1. The molecule has 0 unspecified atom stereocenters. The monoisotopic (exact) mass is 864 g/mol. The summed E-state index contributed by atoms with van der Waals surface area (Å²) in [5.41, 5.74) is 3.33. The number of phenols is 2. The molecule has 2 N–H and O–H groups in total. The quantitative estimate of drug-likeness (QED) is 0.128. The number of carbonyl (C=O) groups excluding carboxylic acids is 4. The number of phenolic OH excluding ortho intramolecular Hbond substituents is 2. The van der Waals surface area contributed by atoms with Gasteiger partial charge in [0.2, 0.25) is 0 Å². The van der Waals surface area contributed by atoms with Gasteiger partial charge >= 0.3 is 23.9 Å². The van der Waals surface area contributed by atoms with Crippen molar-refractivity contribution >= 4 is 23.9 Å². The largest absolute Gasteiger partial charge is 0.507 e. The molecule has 338 valence electrons. The van der Waals surface area contributed by atoms with E-state index in [1.54, 1.807) is 24.3 Å². The number of esters is 4. The molecule has 0 aliphatic carbocycles. The molecule has 11 nitrogen and oxygen atoms in total. The molecule has 0 radical (unpaired) electrons. The van der Waals surface area contributed by atoms with Crippen LogP contribution in [-0.2, 0) is 45.6 Å². The van der Waals surface area contributed by atoms with Crippen molar-refractivity contribution < 1.29 is 53.1 Å². The van der Waals surface area contributed by atoms with E-state index in [0.717, 1.165) is 11.1 Å².